The molecule has 0 spiro atoms. The van der Waals surface area contributed by atoms with E-state index in [1.165, 1.54) is 25.7 Å². The van der Waals surface area contributed by atoms with Crippen molar-refractivity contribution in [1.82, 2.24) is 4.98 Å². The molecule has 1 aromatic rings. The molecule has 0 unspecified atom stereocenters. The fraction of sp³-hybridized carbons (Fsp3) is 0.706. The van der Waals surface area contributed by atoms with E-state index < -0.39 is 0 Å². The molecule has 0 fully saturated rings. The Morgan fingerprint density at radius 2 is 1.76 bits per heavy atom. The van der Waals surface area contributed by atoms with Gasteiger partial charge in [0.25, 0.3) is 0 Å². The molecular formula is C17H31N3O. The molecule has 1 heterocycles. The predicted molar refractivity (Wildman–Crippen MR) is 91.0 cm³/mol. The molecule has 120 valence electrons. The van der Waals surface area contributed by atoms with E-state index in [2.05, 4.69) is 37.6 Å². The largest absolute Gasteiger partial charge is 0.476 e. The summed E-state index contributed by atoms with van der Waals surface area (Å²) < 4.78 is 5.74. The highest BCUT2D eigenvalue weighted by Gasteiger charge is 2.11. The molecular weight excluding hydrogens is 262 g/mol. The van der Waals surface area contributed by atoms with E-state index in [1.807, 2.05) is 12.1 Å². The molecule has 0 atom stereocenters. The van der Waals surface area contributed by atoms with Crippen LogP contribution in [0.1, 0.15) is 53.4 Å². The lowest BCUT2D eigenvalue weighted by molar-refractivity contribution is 0.263. The summed E-state index contributed by atoms with van der Waals surface area (Å²) in [6.45, 7) is 11.4. The highest BCUT2D eigenvalue weighted by atomic mass is 16.5. The smallest absolute Gasteiger partial charge is 0.239 e. The molecule has 0 bridgehead atoms. The van der Waals surface area contributed by atoms with Crippen LogP contribution in [0.2, 0.25) is 0 Å². The van der Waals surface area contributed by atoms with Crippen LogP contribution in [0.25, 0.3) is 0 Å². The van der Waals surface area contributed by atoms with E-state index in [0.29, 0.717) is 24.1 Å². The third kappa shape index (κ3) is 6.23. The molecule has 1 rings (SSSR count). The Labute approximate surface area is 129 Å². The van der Waals surface area contributed by atoms with Gasteiger partial charge in [-0.1, -0.05) is 40.5 Å². The molecule has 0 saturated carbocycles. The second-order valence-electron chi connectivity index (χ2n) is 5.96. The molecule has 0 amide bonds. The van der Waals surface area contributed by atoms with Gasteiger partial charge in [-0.3, -0.25) is 0 Å². The van der Waals surface area contributed by atoms with Gasteiger partial charge in [-0.05, 0) is 30.9 Å². The first-order valence-corrected chi connectivity index (χ1v) is 8.22. The summed E-state index contributed by atoms with van der Waals surface area (Å²) in [7, 11) is 0. The Hall–Kier alpha value is -1.45. The summed E-state index contributed by atoms with van der Waals surface area (Å²) in [4.78, 5) is 6.97. The predicted octanol–water partition coefficient (Wildman–Crippen LogP) is 4.11. The van der Waals surface area contributed by atoms with Crippen LogP contribution in [-0.2, 0) is 0 Å². The number of rotatable bonds is 10. The molecule has 0 aliphatic carbocycles. The van der Waals surface area contributed by atoms with Gasteiger partial charge in [-0.2, -0.15) is 4.98 Å². The van der Waals surface area contributed by atoms with Crippen LogP contribution < -0.4 is 15.4 Å². The van der Waals surface area contributed by atoms with E-state index in [4.69, 9.17) is 10.5 Å². The van der Waals surface area contributed by atoms with Crippen molar-refractivity contribution in [2.45, 2.75) is 53.4 Å². The summed E-state index contributed by atoms with van der Waals surface area (Å²) in [5.41, 5.74) is 6.59. The van der Waals surface area contributed by atoms with Crippen LogP contribution in [0.5, 0.6) is 5.88 Å². The molecule has 0 aliphatic rings. The van der Waals surface area contributed by atoms with Gasteiger partial charge >= 0.3 is 0 Å². The maximum absolute atomic E-state index is 5.97. The molecule has 0 saturated heterocycles. The fourth-order valence-corrected chi connectivity index (χ4v) is 2.02. The zero-order valence-corrected chi connectivity index (χ0v) is 14.1. The fourth-order valence-electron chi connectivity index (χ4n) is 2.02. The summed E-state index contributed by atoms with van der Waals surface area (Å²) in [6.07, 6.45) is 4.73. The lowest BCUT2D eigenvalue weighted by Gasteiger charge is -2.24. The first-order chi connectivity index (χ1) is 10.1. The number of nitrogen functional groups attached to an aromatic ring is 1. The van der Waals surface area contributed by atoms with Crippen LogP contribution >= 0.6 is 0 Å². The number of ether oxygens (including phenoxy) is 1. The van der Waals surface area contributed by atoms with Gasteiger partial charge in [0, 0.05) is 13.1 Å². The van der Waals surface area contributed by atoms with Gasteiger partial charge in [-0.25, -0.2) is 0 Å². The van der Waals surface area contributed by atoms with Crippen LogP contribution in [0, 0.1) is 5.92 Å². The quantitative estimate of drug-likeness (QED) is 0.705. The molecule has 1 aromatic heterocycles. The molecule has 0 radical (unpaired) electrons. The Bertz CT molecular complexity index is 399. The maximum atomic E-state index is 5.97. The minimum absolute atomic E-state index is 0.464. The van der Waals surface area contributed by atoms with Crippen LogP contribution in [0.15, 0.2) is 12.1 Å². The van der Waals surface area contributed by atoms with Crippen molar-refractivity contribution >= 4 is 11.5 Å². The van der Waals surface area contributed by atoms with Gasteiger partial charge in [0.1, 0.15) is 5.82 Å². The third-order valence-corrected chi connectivity index (χ3v) is 3.32. The number of hydrogen-bond donors (Lipinski definition) is 1. The second kappa shape index (κ2) is 9.48. The number of nitrogens with two attached hydrogens (primary N) is 1. The Balaban J connectivity index is 2.83. The van der Waals surface area contributed by atoms with Crippen molar-refractivity contribution < 1.29 is 4.74 Å². The number of hydrogen-bond acceptors (Lipinski definition) is 4. The van der Waals surface area contributed by atoms with Gasteiger partial charge in [0.15, 0.2) is 0 Å². The Kier molecular flexibility index (Phi) is 7.95. The average Bonchev–Trinajstić information content (AvgIpc) is 2.47. The van der Waals surface area contributed by atoms with Crippen molar-refractivity contribution in [3.63, 3.8) is 0 Å². The van der Waals surface area contributed by atoms with Gasteiger partial charge in [0.2, 0.25) is 5.88 Å². The van der Waals surface area contributed by atoms with E-state index >= 15 is 0 Å². The summed E-state index contributed by atoms with van der Waals surface area (Å²) >= 11 is 0. The highest BCUT2D eigenvalue weighted by molar-refractivity contribution is 5.54. The molecule has 0 aliphatic heterocycles. The molecule has 4 heteroatoms. The molecule has 4 nitrogen and oxygen atoms in total. The van der Waals surface area contributed by atoms with Crippen molar-refractivity contribution in [3.8, 4) is 5.88 Å². The van der Waals surface area contributed by atoms with Crippen molar-refractivity contribution in [2.75, 3.05) is 30.3 Å². The molecule has 21 heavy (non-hydrogen) atoms. The maximum Gasteiger partial charge on any atom is 0.239 e. The van der Waals surface area contributed by atoms with Crippen molar-refractivity contribution in [2.24, 2.45) is 5.92 Å². The first kappa shape index (κ1) is 17.6. The average molecular weight is 293 g/mol. The zero-order chi connectivity index (χ0) is 15.7. The van der Waals surface area contributed by atoms with Gasteiger partial charge in [0.05, 0.1) is 12.3 Å². The van der Waals surface area contributed by atoms with Gasteiger partial charge in [-0.15, -0.1) is 0 Å². The van der Waals surface area contributed by atoms with Crippen LogP contribution in [-0.4, -0.2) is 24.7 Å². The normalized spacial score (nSPS) is 10.9. The van der Waals surface area contributed by atoms with E-state index in [9.17, 15) is 0 Å². The summed E-state index contributed by atoms with van der Waals surface area (Å²) in [6, 6.07) is 3.91. The Morgan fingerprint density at radius 3 is 2.29 bits per heavy atom. The van der Waals surface area contributed by atoms with E-state index in [0.717, 1.165) is 18.9 Å². The zero-order valence-electron chi connectivity index (χ0n) is 14.1. The number of nitrogens with zero attached hydrogens (tertiary/aromatic N) is 2. The summed E-state index contributed by atoms with van der Waals surface area (Å²) in [5.74, 6) is 2.01. The van der Waals surface area contributed by atoms with Gasteiger partial charge < -0.3 is 15.4 Å². The number of anilines is 2. The Morgan fingerprint density at radius 1 is 1.14 bits per heavy atom. The van der Waals surface area contributed by atoms with Crippen molar-refractivity contribution in [3.05, 3.63) is 12.1 Å². The third-order valence-electron chi connectivity index (χ3n) is 3.32. The lowest BCUT2D eigenvalue weighted by Crippen LogP contribution is -2.26. The molecule has 0 aromatic carbocycles. The lowest BCUT2D eigenvalue weighted by atomic mass is 10.2. The number of pyridine rings is 1. The minimum Gasteiger partial charge on any atom is -0.476 e. The number of unbranched alkanes of at least 4 members (excludes halogenated alkanes) is 2. The number of aromatic nitrogens is 1. The minimum atomic E-state index is 0.464. The molecule has 2 N–H and O–H groups in total. The SMILES string of the molecule is CCCCN(CCCC)c1ccc(N)c(OCC(C)C)n1. The highest BCUT2D eigenvalue weighted by Crippen LogP contribution is 2.24. The van der Waals surface area contributed by atoms with Crippen molar-refractivity contribution in [1.29, 1.82) is 0 Å². The standard InChI is InChI=1S/C17H31N3O/c1-5-7-11-20(12-8-6-2)16-10-9-15(18)17(19-16)21-13-14(3)4/h9-10,14H,5-8,11-13,18H2,1-4H3. The summed E-state index contributed by atoms with van der Waals surface area (Å²) in [5, 5.41) is 0. The van der Waals surface area contributed by atoms with E-state index in [1.54, 1.807) is 0 Å². The monoisotopic (exact) mass is 293 g/mol. The first-order valence-electron chi connectivity index (χ1n) is 8.22. The van der Waals surface area contributed by atoms with Crippen LogP contribution in [0.4, 0.5) is 11.5 Å². The van der Waals surface area contributed by atoms with E-state index in [-0.39, 0.29) is 0 Å². The topological polar surface area (TPSA) is 51.4 Å². The second-order valence-corrected chi connectivity index (χ2v) is 5.96. The van der Waals surface area contributed by atoms with Crippen LogP contribution in [0.3, 0.4) is 0 Å².